The van der Waals surface area contributed by atoms with E-state index in [-0.39, 0.29) is 17.4 Å². The molecule has 0 bridgehead atoms. The second-order valence-corrected chi connectivity index (χ2v) is 11.4. The normalized spacial score (nSPS) is 16.7. The number of rotatable bonds is 9. The molecule has 2 aliphatic rings. The van der Waals surface area contributed by atoms with Gasteiger partial charge in [0.05, 0.1) is 27.0 Å². The van der Waals surface area contributed by atoms with Crippen LogP contribution in [0.15, 0.2) is 72.8 Å². The van der Waals surface area contributed by atoms with Crippen molar-refractivity contribution in [2.75, 3.05) is 45.9 Å². The van der Waals surface area contributed by atoms with Crippen molar-refractivity contribution in [2.45, 2.75) is 25.0 Å². The monoisotopic (exact) mass is 572 g/mol. The largest absolute Gasteiger partial charge is 0.493 e. The molecule has 0 aromatic heterocycles. The second kappa shape index (κ2) is 12.8. The third kappa shape index (κ3) is 5.99. The summed E-state index contributed by atoms with van der Waals surface area (Å²) in [6.45, 7) is 2.44. The zero-order valence-corrected chi connectivity index (χ0v) is 24.6. The van der Waals surface area contributed by atoms with E-state index in [0.717, 1.165) is 49.5 Å². The Morgan fingerprint density at radius 3 is 2.12 bits per heavy atom. The van der Waals surface area contributed by atoms with Gasteiger partial charge in [0.15, 0.2) is 17.3 Å². The molecule has 3 aromatic rings. The maximum atomic E-state index is 13.8. The molecule has 41 heavy (non-hydrogen) atoms. The van der Waals surface area contributed by atoms with E-state index in [1.165, 1.54) is 33.0 Å². The van der Waals surface area contributed by atoms with Crippen LogP contribution >= 0.6 is 11.8 Å². The summed E-state index contributed by atoms with van der Waals surface area (Å²) >= 11 is 1.97. The minimum absolute atomic E-state index is 0.0662. The van der Waals surface area contributed by atoms with Gasteiger partial charge in [-0.3, -0.25) is 14.5 Å². The Labute approximate surface area is 246 Å². The Morgan fingerprint density at radius 2 is 1.51 bits per heavy atom. The number of hydrogen-bond acceptors (Lipinski definition) is 7. The lowest BCUT2D eigenvalue weighted by atomic mass is 9.98. The fraction of sp³-hybridized carbons (Fsp3) is 0.333. The summed E-state index contributed by atoms with van der Waals surface area (Å²) < 4.78 is 16.1. The lowest BCUT2D eigenvalue weighted by Crippen LogP contribution is -2.57. The molecule has 0 unspecified atom stereocenters. The summed E-state index contributed by atoms with van der Waals surface area (Å²) in [5.41, 5.74) is 2.95. The molecule has 0 N–H and O–H groups in total. The third-order valence-corrected chi connectivity index (χ3v) is 8.96. The van der Waals surface area contributed by atoms with Gasteiger partial charge < -0.3 is 19.1 Å². The molecule has 0 aliphatic carbocycles. The van der Waals surface area contributed by atoms with Crippen LogP contribution < -0.4 is 14.2 Å². The number of hydrogen-bond donors (Lipinski definition) is 0. The number of thioether (sulfide) groups is 1. The Bertz CT molecular complexity index is 1380. The molecule has 3 aromatic carbocycles. The van der Waals surface area contributed by atoms with E-state index in [0.29, 0.717) is 28.4 Å². The topological polar surface area (TPSA) is 68.3 Å². The first kappa shape index (κ1) is 28.8. The van der Waals surface area contributed by atoms with Crippen molar-refractivity contribution in [3.8, 4) is 17.2 Å². The maximum Gasteiger partial charge on any atom is 0.255 e. The highest BCUT2D eigenvalue weighted by atomic mass is 32.2. The minimum Gasteiger partial charge on any atom is -0.493 e. The molecule has 5 rings (SSSR count). The van der Waals surface area contributed by atoms with E-state index >= 15 is 0 Å². The first-order valence-corrected chi connectivity index (χ1v) is 15.0. The van der Waals surface area contributed by atoms with Crippen LogP contribution in [0.3, 0.4) is 0 Å². The van der Waals surface area contributed by atoms with Crippen molar-refractivity contribution < 1.29 is 23.8 Å². The van der Waals surface area contributed by atoms with Crippen molar-refractivity contribution in [1.82, 2.24) is 9.80 Å². The molecule has 2 fully saturated rings. The molecule has 2 aliphatic heterocycles. The van der Waals surface area contributed by atoms with Gasteiger partial charge in [-0.05, 0) is 65.8 Å². The number of ketones is 1. The summed E-state index contributed by atoms with van der Waals surface area (Å²) in [7, 11) is 4.55. The fourth-order valence-corrected chi connectivity index (χ4v) is 6.94. The van der Waals surface area contributed by atoms with Gasteiger partial charge in [0.2, 0.25) is 5.75 Å². The molecule has 214 valence electrons. The average molecular weight is 573 g/mol. The fourth-order valence-electron chi connectivity index (χ4n) is 5.80. The molecule has 7 nitrogen and oxygen atoms in total. The van der Waals surface area contributed by atoms with Crippen molar-refractivity contribution >= 4 is 29.5 Å². The van der Waals surface area contributed by atoms with Gasteiger partial charge in [0.1, 0.15) is 0 Å². The van der Waals surface area contributed by atoms with Crippen LogP contribution in [0.4, 0.5) is 0 Å². The molecular formula is C33H36N2O5S. The van der Waals surface area contributed by atoms with Gasteiger partial charge in [-0.1, -0.05) is 48.5 Å². The predicted molar refractivity (Wildman–Crippen MR) is 163 cm³/mol. The summed E-state index contributed by atoms with van der Waals surface area (Å²) in [6.07, 6.45) is 5.20. The Morgan fingerprint density at radius 1 is 0.854 bits per heavy atom. The van der Waals surface area contributed by atoms with E-state index in [9.17, 15) is 9.59 Å². The minimum atomic E-state index is -0.246. The molecule has 1 amide bonds. The van der Waals surface area contributed by atoms with Gasteiger partial charge >= 0.3 is 0 Å². The smallest absolute Gasteiger partial charge is 0.255 e. The molecule has 1 spiro atoms. The number of carbonyl (C=O) groups excluding carboxylic acids is 2. The maximum absolute atomic E-state index is 13.8. The molecular weight excluding hydrogens is 536 g/mol. The number of carbonyl (C=O) groups is 2. The van der Waals surface area contributed by atoms with Gasteiger partial charge in [-0.25, -0.2) is 0 Å². The second-order valence-electron chi connectivity index (χ2n) is 10.2. The van der Waals surface area contributed by atoms with Crippen LogP contribution in [-0.4, -0.2) is 73.1 Å². The zero-order valence-electron chi connectivity index (χ0n) is 23.8. The lowest BCUT2D eigenvalue weighted by molar-refractivity contribution is 0.00462. The molecule has 0 saturated carbocycles. The van der Waals surface area contributed by atoms with Crippen molar-refractivity contribution in [3.05, 3.63) is 95.1 Å². The lowest BCUT2D eigenvalue weighted by Gasteiger charge is -2.46. The van der Waals surface area contributed by atoms with Gasteiger partial charge in [0.25, 0.3) is 5.91 Å². The molecule has 2 saturated heterocycles. The van der Waals surface area contributed by atoms with Crippen molar-refractivity contribution in [2.24, 2.45) is 0 Å². The number of amides is 1. The van der Waals surface area contributed by atoms with Crippen LogP contribution in [0, 0.1) is 0 Å². The van der Waals surface area contributed by atoms with E-state index in [2.05, 4.69) is 34.1 Å². The number of methoxy groups -OCH3 is 3. The van der Waals surface area contributed by atoms with Crippen molar-refractivity contribution in [1.29, 1.82) is 0 Å². The zero-order chi connectivity index (χ0) is 28.8. The number of allylic oxidation sites excluding steroid dienone is 1. The Kier molecular flexibility index (Phi) is 9.00. The Balaban J connectivity index is 1.30. The van der Waals surface area contributed by atoms with E-state index in [1.54, 1.807) is 18.2 Å². The highest BCUT2D eigenvalue weighted by molar-refractivity contribution is 7.99. The van der Waals surface area contributed by atoms with Crippen LogP contribution in [0.2, 0.25) is 0 Å². The number of nitrogens with zero attached hydrogens (tertiary/aromatic N) is 2. The van der Waals surface area contributed by atoms with Crippen molar-refractivity contribution in [3.63, 3.8) is 0 Å². The third-order valence-electron chi connectivity index (χ3n) is 7.97. The Hall–Kier alpha value is -3.75. The highest BCUT2D eigenvalue weighted by Crippen LogP contribution is 2.41. The van der Waals surface area contributed by atoms with Crippen LogP contribution in [-0.2, 0) is 6.54 Å². The first-order valence-electron chi connectivity index (χ1n) is 13.8. The number of benzene rings is 3. The van der Waals surface area contributed by atoms with Gasteiger partial charge in [-0.2, -0.15) is 11.8 Å². The summed E-state index contributed by atoms with van der Waals surface area (Å²) in [4.78, 5) is 31.4. The highest BCUT2D eigenvalue weighted by Gasteiger charge is 2.49. The number of ether oxygens (including phenoxy) is 3. The van der Waals surface area contributed by atoms with Gasteiger partial charge in [-0.15, -0.1) is 0 Å². The van der Waals surface area contributed by atoms with Crippen LogP contribution in [0.1, 0.15) is 44.7 Å². The average Bonchev–Trinajstić information content (AvgIpc) is 3.35. The standard InChI is InChI=1S/C33H36N2O5S/c1-38-29-21-27(22-30(39-2)31(29)40-3)28(36)14-11-24-9-12-26(13-10-24)32(37)35-18-17-34(23-25-7-5-4-6-8-25)33(35)15-19-41-20-16-33/h4-14,21-22H,15-20,23H2,1-3H3/b14-11+. The molecule has 0 radical (unpaired) electrons. The summed E-state index contributed by atoms with van der Waals surface area (Å²) in [6, 6.07) is 21.3. The molecule has 2 heterocycles. The van der Waals surface area contributed by atoms with Crippen LogP contribution in [0.5, 0.6) is 17.2 Å². The van der Waals surface area contributed by atoms with E-state index in [1.807, 2.05) is 42.1 Å². The quantitative estimate of drug-likeness (QED) is 0.238. The first-order chi connectivity index (χ1) is 20.0. The van der Waals surface area contributed by atoms with E-state index in [4.69, 9.17) is 14.2 Å². The summed E-state index contributed by atoms with van der Waals surface area (Å²) in [5.74, 6) is 3.26. The molecule has 0 atom stereocenters. The predicted octanol–water partition coefficient (Wildman–Crippen LogP) is 5.79. The van der Waals surface area contributed by atoms with E-state index < -0.39 is 0 Å². The summed E-state index contributed by atoms with van der Waals surface area (Å²) in [5, 5.41) is 0. The SMILES string of the molecule is COc1cc(C(=O)/C=C/c2ccc(C(=O)N3CCN(Cc4ccccc4)C34CCSCC4)cc2)cc(OC)c1OC. The van der Waals surface area contributed by atoms with Crippen LogP contribution in [0.25, 0.3) is 6.08 Å². The molecule has 8 heteroatoms. The van der Waals surface area contributed by atoms with Gasteiger partial charge in [0, 0.05) is 30.8 Å².